The Labute approximate surface area is 89.0 Å². The zero-order valence-electron chi connectivity index (χ0n) is 8.52. The summed E-state index contributed by atoms with van der Waals surface area (Å²) in [6.07, 6.45) is 3.18. The highest BCUT2D eigenvalue weighted by Gasteiger charge is 2.28. The van der Waals surface area contributed by atoms with Crippen molar-refractivity contribution in [2.24, 2.45) is 10.7 Å². The van der Waals surface area contributed by atoms with E-state index in [2.05, 4.69) is 11.1 Å². The summed E-state index contributed by atoms with van der Waals surface area (Å²) in [5.74, 6) is 1.62. The maximum absolute atomic E-state index is 5.92. The molecule has 1 aromatic carbocycles. The highest BCUT2D eigenvalue weighted by atomic mass is 16.5. The number of rotatable bonds is 2. The number of hydrogen-bond donors (Lipinski definition) is 1. The fourth-order valence-corrected chi connectivity index (χ4v) is 1.84. The summed E-state index contributed by atoms with van der Waals surface area (Å²) >= 11 is 0. The molecule has 0 aromatic heterocycles. The van der Waals surface area contributed by atoms with Crippen LogP contribution >= 0.6 is 0 Å². The minimum absolute atomic E-state index is 0.0389. The van der Waals surface area contributed by atoms with Gasteiger partial charge >= 0.3 is 0 Å². The molecule has 1 fully saturated rings. The lowest BCUT2D eigenvalue weighted by Gasteiger charge is -2.09. The third kappa shape index (κ3) is 1.69. The molecule has 3 rings (SSSR count). The van der Waals surface area contributed by atoms with Gasteiger partial charge in [0.1, 0.15) is 11.6 Å². The standard InChI is InChI=1S/C12H14N2O/c13-12(14-9-5-6-9)11-7-8-3-1-2-4-10(8)15-11/h1-4,9,11H,5-7H2,(H2,13,14). The van der Waals surface area contributed by atoms with E-state index in [1.54, 1.807) is 0 Å². The molecule has 3 nitrogen and oxygen atoms in total. The van der Waals surface area contributed by atoms with Gasteiger partial charge in [-0.1, -0.05) is 18.2 Å². The molecule has 2 aliphatic rings. The molecule has 0 saturated heterocycles. The highest BCUT2D eigenvalue weighted by molar-refractivity contribution is 5.86. The second kappa shape index (κ2) is 3.26. The van der Waals surface area contributed by atoms with Crippen LogP contribution in [0.5, 0.6) is 5.75 Å². The van der Waals surface area contributed by atoms with E-state index >= 15 is 0 Å². The Morgan fingerprint density at radius 3 is 2.87 bits per heavy atom. The van der Waals surface area contributed by atoms with Gasteiger partial charge in [-0.15, -0.1) is 0 Å². The summed E-state index contributed by atoms with van der Waals surface area (Å²) in [5.41, 5.74) is 7.16. The second-order valence-corrected chi connectivity index (χ2v) is 4.20. The highest BCUT2D eigenvalue weighted by Crippen LogP contribution is 2.29. The van der Waals surface area contributed by atoms with Crippen LogP contribution in [0.4, 0.5) is 0 Å². The molecule has 1 unspecified atom stereocenters. The molecule has 3 heteroatoms. The minimum atomic E-state index is -0.0389. The van der Waals surface area contributed by atoms with Crippen molar-refractivity contribution in [3.63, 3.8) is 0 Å². The van der Waals surface area contributed by atoms with E-state index in [4.69, 9.17) is 10.5 Å². The number of hydrogen-bond acceptors (Lipinski definition) is 2. The van der Waals surface area contributed by atoms with Crippen LogP contribution in [0.25, 0.3) is 0 Å². The number of benzene rings is 1. The predicted octanol–water partition coefficient (Wildman–Crippen LogP) is 1.51. The van der Waals surface area contributed by atoms with Gasteiger partial charge in [0.25, 0.3) is 0 Å². The van der Waals surface area contributed by atoms with Gasteiger partial charge < -0.3 is 10.5 Å². The first-order chi connectivity index (χ1) is 7.33. The van der Waals surface area contributed by atoms with E-state index in [0.29, 0.717) is 11.9 Å². The molecule has 15 heavy (non-hydrogen) atoms. The number of ether oxygens (including phenoxy) is 1. The van der Waals surface area contributed by atoms with Crippen LogP contribution in [-0.2, 0) is 6.42 Å². The topological polar surface area (TPSA) is 47.6 Å². The Bertz CT molecular complexity index is 385. The van der Waals surface area contributed by atoms with Crippen molar-refractivity contribution in [2.45, 2.75) is 31.4 Å². The fourth-order valence-electron chi connectivity index (χ4n) is 1.84. The molecule has 0 amide bonds. The number of amidine groups is 1. The van der Waals surface area contributed by atoms with E-state index in [0.717, 1.165) is 12.2 Å². The lowest BCUT2D eigenvalue weighted by Crippen LogP contribution is -2.33. The third-order valence-electron chi connectivity index (χ3n) is 2.86. The zero-order chi connectivity index (χ0) is 10.3. The van der Waals surface area contributed by atoms with Gasteiger partial charge in [-0.2, -0.15) is 0 Å². The molecule has 0 spiro atoms. The molecule has 1 heterocycles. The van der Waals surface area contributed by atoms with Crippen LogP contribution in [0.1, 0.15) is 18.4 Å². The summed E-state index contributed by atoms with van der Waals surface area (Å²) in [4.78, 5) is 4.42. The van der Waals surface area contributed by atoms with Crippen molar-refractivity contribution in [3.05, 3.63) is 29.8 Å². The van der Waals surface area contributed by atoms with E-state index in [-0.39, 0.29) is 6.10 Å². The monoisotopic (exact) mass is 202 g/mol. The van der Waals surface area contributed by atoms with Gasteiger partial charge in [-0.3, -0.25) is 4.99 Å². The lowest BCUT2D eigenvalue weighted by atomic mass is 10.1. The Kier molecular flexibility index (Phi) is 1.91. The molecular weight excluding hydrogens is 188 g/mol. The maximum atomic E-state index is 5.92. The quantitative estimate of drug-likeness (QED) is 0.583. The van der Waals surface area contributed by atoms with Crippen LogP contribution in [0.3, 0.4) is 0 Å². The molecule has 1 aromatic rings. The molecule has 78 valence electrons. The van der Waals surface area contributed by atoms with Gasteiger partial charge in [0, 0.05) is 6.42 Å². The first kappa shape index (κ1) is 8.77. The number of aliphatic imine (C=N–C) groups is 1. The van der Waals surface area contributed by atoms with Gasteiger partial charge in [-0.05, 0) is 24.5 Å². The normalized spacial score (nSPS) is 24.8. The summed E-state index contributed by atoms with van der Waals surface area (Å²) in [6, 6.07) is 8.55. The summed E-state index contributed by atoms with van der Waals surface area (Å²) in [7, 11) is 0. The van der Waals surface area contributed by atoms with Gasteiger partial charge in [0.05, 0.1) is 6.04 Å². The largest absolute Gasteiger partial charge is 0.482 e. The first-order valence-corrected chi connectivity index (χ1v) is 5.40. The maximum Gasteiger partial charge on any atom is 0.159 e. The Balaban J connectivity index is 1.77. The predicted molar refractivity (Wildman–Crippen MR) is 59.2 cm³/mol. The molecule has 1 aliphatic heterocycles. The number of fused-ring (bicyclic) bond motifs is 1. The molecule has 1 aliphatic carbocycles. The van der Waals surface area contributed by atoms with Crippen molar-refractivity contribution in [1.82, 2.24) is 0 Å². The van der Waals surface area contributed by atoms with Crippen molar-refractivity contribution in [1.29, 1.82) is 0 Å². The average Bonchev–Trinajstić information content (AvgIpc) is 2.95. The van der Waals surface area contributed by atoms with E-state index in [9.17, 15) is 0 Å². The van der Waals surface area contributed by atoms with Gasteiger partial charge in [0.2, 0.25) is 0 Å². The molecular formula is C12H14N2O. The van der Waals surface area contributed by atoms with Crippen molar-refractivity contribution < 1.29 is 4.74 Å². The van der Waals surface area contributed by atoms with Gasteiger partial charge in [0.15, 0.2) is 6.10 Å². The third-order valence-corrected chi connectivity index (χ3v) is 2.86. The number of nitrogens with zero attached hydrogens (tertiary/aromatic N) is 1. The van der Waals surface area contributed by atoms with Crippen LogP contribution in [0.15, 0.2) is 29.3 Å². The summed E-state index contributed by atoms with van der Waals surface area (Å²) in [6.45, 7) is 0. The SMILES string of the molecule is NC(=NC1CC1)C1Cc2ccccc2O1. The summed E-state index contributed by atoms with van der Waals surface area (Å²) < 4.78 is 5.74. The van der Waals surface area contributed by atoms with Gasteiger partial charge in [-0.25, -0.2) is 0 Å². The Hall–Kier alpha value is -1.51. The van der Waals surface area contributed by atoms with Crippen molar-refractivity contribution >= 4 is 5.84 Å². The van der Waals surface area contributed by atoms with Crippen LogP contribution < -0.4 is 10.5 Å². The first-order valence-electron chi connectivity index (χ1n) is 5.40. The summed E-state index contributed by atoms with van der Waals surface area (Å²) in [5, 5.41) is 0. The Morgan fingerprint density at radius 1 is 1.33 bits per heavy atom. The van der Waals surface area contributed by atoms with Crippen molar-refractivity contribution in [3.8, 4) is 5.75 Å². The van der Waals surface area contributed by atoms with Crippen LogP contribution in [0.2, 0.25) is 0 Å². The minimum Gasteiger partial charge on any atom is -0.482 e. The van der Waals surface area contributed by atoms with Crippen molar-refractivity contribution in [2.75, 3.05) is 0 Å². The molecule has 1 saturated carbocycles. The number of para-hydroxylation sites is 1. The number of nitrogens with two attached hydrogens (primary N) is 1. The molecule has 0 bridgehead atoms. The molecule has 2 N–H and O–H groups in total. The van der Waals surface area contributed by atoms with E-state index < -0.39 is 0 Å². The smallest absolute Gasteiger partial charge is 0.159 e. The molecule has 0 radical (unpaired) electrons. The fraction of sp³-hybridized carbons (Fsp3) is 0.417. The van der Waals surface area contributed by atoms with E-state index in [1.807, 2.05) is 18.2 Å². The van der Waals surface area contributed by atoms with Crippen LogP contribution in [-0.4, -0.2) is 18.0 Å². The zero-order valence-corrected chi connectivity index (χ0v) is 8.52. The van der Waals surface area contributed by atoms with Crippen LogP contribution in [0, 0.1) is 0 Å². The average molecular weight is 202 g/mol. The second-order valence-electron chi connectivity index (χ2n) is 4.20. The molecule has 1 atom stereocenters. The Morgan fingerprint density at radius 2 is 2.13 bits per heavy atom. The lowest BCUT2D eigenvalue weighted by molar-refractivity contribution is 0.299. The van der Waals surface area contributed by atoms with E-state index in [1.165, 1.54) is 18.4 Å².